The Morgan fingerprint density at radius 2 is 2.24 bits per heavy atom. The fraction of sp³-hybridized carbons (Fsp3) is 0.417. The number of halogens is 1. The van der Waals surface area contributed by atoms with Gasteiger partial charge in [-0.3, -0.25) is 4.79 Å². The van der Waals surface area contributed by atoms with E-state index in [1.165, 1.54) is 6.07 Å². The van der Waals surface area contributed by atoms with E-state index < -0.39 is 11.7 Å². The number of nitrogens with one attached hydrogen (secondary N) is 1. The van der Waals surface area contributed by atoms with Gasteiger partial charge in [0, 0.05) is 26.3 Å². The van der Waals surface area contributed by atoms with E-state index in [2.05, 4.69) is 5.32 Å². The maximum atomic E-state index is 12.7. The second-order valence-corrected chi connectivity index (χ2v) is 3.62. The molecule has 1 aromatic rings. The highest BCUT2D eigenvalue weighted by atomic mass is 19.1. The molecule has 0 aliphatic heterocycles. The Balaban J connectivity index is 2.42. The normalized spacial score (nSPS) is 10.2. The largest absolute Gasteiger partial charge is 0.507 e. The smallest absolute Gasteiger partial charge is 0.255 e. The van der Waals surface area contributed by atoms with Gasteiger partial charge < -0.3 is 15.2 Å². The van der Waals surface area contributed by atoms with Crippen LogP contribution in [0.4, 0.5) is 4.39 Å². The maximum Gasteiger partial charge on any atom is 0.255 e. The summed E-state index contributed by atoms with van der Waals surface area (Å²) in [6.07, 6.45) is 1.65. The number of phenolic OH excluding ortho intramolecular Hbond substituents is 1. The van der Waals surface area contributed by atoms with Crippen LogP contribution < -0.4 is 5.32 Å². The topological polar surface area (TPSA) is 58.6 Å². The van der Waals surface area contributed by atoms with Gasteiger partial charge in [0.05, 0.1) is 5.56 Å². The van der Waals surface area contributed by atoms with Gasteiger partial charge in [-0.05, 0) is 25.0 Å². The minimum absolute atomic E-state index is 0.0816. The van der Waals surface area contributed by atoms with Crippen molar-refractivity contribution in [1.82, 2.24) is 5.32 Å². The number of ether oxygens (including phenoxy) is 1. The van der Waals surface area contributed by atoms with E-state index >= 15 is 0 Å². The van der Waals surface area contributed by atoms with Crippen LogP contribution in [-0.4, -0.2) is 31.3 Å². The Morgan fingerprint density at radius 3 is 2.88 bits per heavy atom. The van der Waals surface area contributed by atoms with Crippen LogP contribution in [0, 0.1) is 5.82 Å². The number of amides is 1. The molecule has 0 saturated carbocycles. The third-order valence-corrected chi connectivity index (χ3v) is 2.27. The number of rotatable bonds is 6. The molecule has 0 aliphatic rings. The van der Waals surface area contributed by atoms with E-state index in [0.29, 0.717) is 13.2 Å². The van der Waals surface area contributed by atoms with Gasteiger partial charge in [-0.1, -0.05) is 0 Å². The van der Waals surface area contributed by atoms with Crippen molar-refractivity contribution in [2.45, 2.75) is 12.8 Å². The number of benzene rings is 1. The van der Waals surface area contributed by atoms with Gasteiger partial charge in [0.25, 0.3) is 5.91 Å². The van der Waals surface area contributed by atoms with E-state index in [-0.39, 0.29) is 11.3 Å². The molecule has 0 saturated heterocycles. The minimum Gasteiger partial charge on any atom is -0.507 e. The number of hydrogen-bond acceptors (Lipinski definition) is 3. The summed E-state index contributed by atoms with van der Waals surface area (Å²) in [6, 6.07) is 3.31. The second-order valence-electron chi connectivity index (χ2n) is 3.62. The molecule has 0 aromatic heterocycles. The van der Waals surface area contributed by atoms with Crippen LogP contribution in [0.15, 0.2) is 18.2 Å². The Hall–Kier alpha value is -1.62. The molecule has 2 N–H and O–H groups in total. The van der Waals surface area contributed by atoms with Crippen LogP contribution in [0.5, 0.6) is 5.75 Å². The zero-order valence-electron chi connectivity index (χ0n) is 9.70. The summed E-state index contributed by atoms with van der Waals surface area (Å²) in [5, 5.41) is 12.0. The zero-order valence-corrected chi connectivity index (χ0v) is 9.70. The Morgan fingerprint density at radius 1 is 1.47 bits per heavy atom. The van der Waals surface area contributed by atoms with Gasteiger partial charge in [-0.2, -0.15) is 0 Å². The van der Waals surface area contributed by atoms with Gasteiger partial charge in [0.15, 0.2) is 0 Å². The molecule has 0 unspecified atom stereocenters. The Bertz CT molecular complexity index is 382. The zero-order chi connectivity index (χ0) is 12.7. The standard InChI is InChI=1S/C12H16FNO3/c1-17-7-3-2-6-14-12(16)10-5-4-9(13)8-11(10)15/h4-5,8,15H,2-3,6-7H2,1H3,(H,14,16). The first-order valence-corrected chi connectivity index (χ1v) is 5.41. The van der Waals surface area contributed by atoms with Crippen molar-refractivity contribution in [3.05, 3.63) is 29.6 Å². The highest BCUT2D eigenvalue weighted by Crippen LogP contribution is 2.17. The van der Waals surface area contributed by atoms with E-state index in [9.17, 15) is 14.3 Å². The molecule has 0 radical (unpaired) electrons. The lowest BCUT2D eigenvalue weighted by atomic mass is 10.2. The summed E-state index contributed by atoms with van der Waals surface area (Å²) in [5.41, 5.74) is 0.0816. The van der Waals surface area contributed by atoms with Crippen LogP contribution in [0.1, 0.15) is 23.2 Å². The van der Waals surface area contributed by atoms with Crippen LogP contribution >= 0.6 is 0 Å². The molecule has 0 heterocycles. The molecule has 0 fully saturated rings. The summed E-state index contributed by atoms with van der Waals surface area (Å²) in [6.45, 7) is 1.15. The van der Waals surface area contributed by atoms with Crippen LogP contribution in [0.3, 0.4) is 0 Å². The first-order valence-electron chi connectivity index (χ1n) is 5.41. The fourth-order valence-electron chi connectivity index (χ4n) is 1.37. The third-order valence-electron chi connectivity index (χ3n) is 2.27. The Kier molecular flexibility index (Phi) is 5.42. The summed E-state index contributed by atoms with van der Waals surface area (Å²) in [4.78, 5) is 11.6. The predicted molar refractivity (Wildman–Crippen MR) is 61.5 cm³/mol. The first kappa shape index (κ1) is 13.4. The molecule has 1 aromatic carbocycles. The molecule has 0 bridgehead atoms. The third kappa shape index (κ3) is 4.40. The van der Waals surface area contributed by atoms with Crippen molar-refractivity contribution in [2.75, 3.05) is 20.3 Å². The van der Waals surface area contributed by atoms with Crippen molar-refractivity contribution in [3.8, 4) is 5.75 Å². The number of carbonyl (C=O) groups excluding carboxylic acids is 1. The number of aromatic hydroxyl groups is 1. The van der Waals surface area contributed by atoms with Crippen LogP contribution in [-0.2, 0) is 4.74 Å². The van der Waals surface area contributed by atoms with Crippen LogP contribution in [0.25, 0.3) is 0 Å². The lowest BCUT2D eigenvalue weighted by Crippen LogP contribution is -2.24. The Labute approximate surface area is 99.4 Å². The van der Waals surface area contributed by atoms with E-state index in [4.69, 9.17) is 4.74 Å². The molecular formula is C12H16FNO3. The fourth-order valence-corrected chi connectivity index (χ4v) is 1.37. The lowest BCUT2D eigenvalue weighted by Gasteiger charge is -2.06. The van der Waals surface area contributed by atoms with Gasteiger partial charge in [-0.15, -0.1) is 0 Å². The molecule has 4 nitrogen and oxygen atoms in total. The van der Waals surface area contributed by atoms with Gasteiger partial charge in [0.1, 0.15) is 11.6 Å². The molecule has 17 heavy (non-hydrogen) atoms. The molecule has 1 rings (SSSR count). The number of phenols is 1. The van der Waals surface area contributed by atoms with Crippen molar-refractivity contribution in [2.24, 2.45) is 0 Å². The van der Waals surface area contributed by atoms with Gasteiger partial charge >= 0.3 is 0 Å². The SMILES string of the molecule is COCCCCNC(=O)c1ccc(F)cc1O. The molecule has 1 amide bonds. The minimum atomic E-state index is -0.570. The summed E-state index contributed by atoms with van der Waals surface area (Å²) in [5.74, 6) is -1.32. The lowest BCUT2D eigenvalue weighted by molar-refractivity contribution is 0.0948. The quantitative estimate of drug-likeness (QED) is 0.745. The molecule has 0 atom stereocenters. The van der Waals surface area contributed by atoms with Crippen molar-refractivity contribution in [3.63, 3.8) is 0 Å². The van der Waals surface area contributed by atoms with E-state index in [0.717, 1.165) is 25.0 Å². The van der Waals surface area contributed by atoms with Crippen molar-refractivity contribution >= 4 is 5.91 Å². The average Bonchev–Trinajstić information content (AvgIpc) is 2.28. The molecular weight excluding hydrogens is 225 g/mol. The molecule has 94 valence electrons. The van der Waals surface area contributed by atoms with Gasteiger partial charge in [0.2, 0.25) is 0 Å². The van der Waals surface area contributed by atoms with Gasteiger partial charge in [-0.25, -0.2) is 4.39 Å². The summed E-state index contributed by atoms with van der Waals surface area (Å²) < 4.78 is 17.6. The molecule has 5 heteroatoms. The highest BCUT2D eigenvalue weighted by Gasteiger charge is 2.10. The average molecular weight is 241 g/mol. The maximum absolute atomic E-state index is 12.7. The monoisotopic (exact) mass is 241 g/mol. The summed E-state index contributed by atoms with van der Waals surface area (Å²) in [7, 11) is 1.62. The van der Waals surface area contributed by atoms with Crippen molar-refractivity contribution < 1.29 is 19.0 Å². The number of unbranched alkanes of at least 4 members (excludes halogenated alkanes) is 1. The second kappa shape index (κ2) is 6.85. The van der Waals surface area contributed by atoms with Crippen molar-refractivity contribution in [1.29, 1.82) is 0 Å². The molecule has 0 spiro atoms. The molecule has 0 aliphatic carbocycles. The predicted octanol–water partition coefficient (Wildman–Crippen LogP) is 1.69. The number of hydrogen-bond donors (Lipinski definition) is 2. The number of carbonyl (C=O) groups is 1. The highest BCUT2D eigenvalue weighted by molar-refractivity contribution is 5.96. The van der Waals surface area contributed by atoms with E-state index in [1.807, 2.05) is 0 Å². The van der Waals surface area contributed by atoms with Crippen LogP contribution in [0.2, 0.25) is 0 Å². The first-order chi connectivity index (χ1) is 8.15. The van der Waals surface area contributed by atoms with E-state index in [1.54, 1.807) is 7.11 Å². The number of methoxy groups -OCH3 is 1. The summed E-state index contributed by atoms with van der Waals surface area (Å²) >= 11 is 0.